The molecule has 0 spiro atoms. The van der Waals surface area contributed by atoms with Gasteiger partial charge in [-0.2, -0.15) is 0 Å². The summed E-state index contributed by atoms with van der Waals surface area (Å²) < 4.78 is 39.1. The lowest BCUT2D eigenvalue weighted by atomic mass is 9.91. The third kappa shape index (κ3) is 10.9. The van der Waals surface area contributed by atoms with E-state index in [0.29, 0.717) is 6.42 Å². The second-order valence-corrected chi connectivity index (χ2v) is 39.1. The molecule has 45 heavy (non-hydrogen) atoms. The van der Waals surface area contributed by atoms with E-state index < -0.39 is 33.3 Å². The maximum Gasteiger partial charge on any atom is 0.193 e. The number of halogens is 1. The summed E-state index contributed by atoms with van der Waals surface area (Å²) >= 11 is 2.32. The molecule has 0 aliphatic carbocycles. The van der Waals surface area contributed by atoms with Gasteiger partial charge < -0.3 is 22.4 Å². The van der Waals surface area contributed by atoms with Crippen molar-refractivity contribution in [1.29, 1.82) is 0 Å². The first-order valence-electron chi connectivity index (χ1n) is 17.0. The average molecular weight is 813 g/mol. The molecule has 10 heteroatoms. The molecule has 0 radical (unpaired) electrons. The van der Waals surface area contributed by atoms with E-state index in [-0.39, 0.29) is 56.8 Å². The highest BCUT2D eigenvalue weighted by Gasteiger charge is 2.57. The molecule has 0 aromatic rings. The molecule has 6 atom stereocenters. The van der Waals surface area contributed by atoms with Crippen LogP contribution in [-0.2, 0) is 22.4 Å². The van der Waals surface area contributed by atoms with Crippen LogP contribution in [0, 0.1) is 0 Å². The quantitative estimate of drug-likeness (QED) is 0.112. The zero-order valence-electron chi connectivity index (χ0n) is 33.0. The van der Waals surface area contributed by atoms with Crippen LogP contribution in [0.5, 0.6) is 0 Å². The lowest BCUT2D eigenvalue weighted by molar-refractivity contribution is -0.223. The monoisotopic (exact) mass is 812 g/mol. The van der Waals surface area contributed by atoms with E-state index >= 15 is 0 Å². The molecule has 1 rings (SSSR count). The summed E-state index contributed by atoms with van der Waals surface area (Å²) in [4.78, 5) is 0. The fraction of sp³-hybridized carbons (Fsp3) is 0.886. The Balaban J connectivity index is 4.15. The van der Waals surface area contributed by atoms with Crippen molar-refractivity contribution in [3.63, 3.8) is 0 Å². The molecule has 0 bridgehead atoms. The van der Waals surface area contributed by atoms with Crippen molar-refractivity contribution in [3.8, 4) is 0 Å². The number of hydrogen-bond acceptors (Lipinski definition) is 5. The molecule has 0 N–H and O–H groups in total. The third-order valence-electron chi connectivity index (χ3n) is 11.6. The van der Waals surface area contributed by atoms with E-state index in [9.17, 15) is 0 Å². The Labute approximate surface area is 298 Å². The van der Waals surface area contributed by atoms with Gasteiger partial charge in [0.2, 0.25) is 0 Å². The van der Waals surface area contributed by atoms with E-state index in [2.05, 4.69) is 175 Å². The van der Waals surface area contributed by atoms with Gasteiger partial charge in [0.15, 0.2) is 33.3 Å². The highest BCUT2D eigenvalue weighted by Crippen LogP contribution is 2.47. The molecule has 4 unspecified atom stereocenters. The number of rotatable bonds is 12. The van der Waals surface area contributed by atoms with E-state index in [0.717, 1.165) is 0 Å². The lowest BCUT2D eigenvalue weighted by Gasteiger charge is -2.56. The Bertz CT molecular complexity index is 999. The smallest absolute Gasteiger partial charge is 0.193 e. The van der Waals surface area contributed by atoms with E-state index in [1.165, 1.54) is 0 Å². The Morgan fingerprint density at radius 1 is 0.622 bits per heavy atom. The minimum atomic E-state index is -2.31. The van der Waals surface area contributed by atoms with Gasteiger partial charge in [0.25, 0.3) is 0 Å². The fourth-order valence-electron chi connectivity index (χ4n) is 4.33. The van der Waals surface area contributed by atoms with E-state index in [4.69, 9.17) is 22.4 Å². The van der Waals surface area contributed by atoms with Gasteiger partial charge in [0, 0.05) is 0 Å². The van der Waals surface area contributed by atoms with Gasteiger partial charge in [-0.25, -0.2) is 0 Å². The van der Waals surface area contributed by atoms with Crippen LogP contribution < -0.4 is 0 Å². The van der Waals surface area contributed by atoms with Crippen LogP contribution in [0.3, 0.4) is 0 Å². The molecule has 1 aliphatic rings. The normalized spacial score (nSPS) is 25.9. The van der Waals surface area contributed by atoms with Gasteiger partial charge in [0.05, 0.1) is 18.3 Å². The van der Waals surface area contributed by atoms with Crippen LogP contribution in [0.2, 0.25) is 72.5 Å². The average Bonchev–Trinajstić information content (AvgIpc) is 2.79. The minimum absolute atomic E-state index is 0.00170. The Morgan fingerprint density at radius 3 is 1.31 bits per heavy atom. The first-order valence-corrected chi connectivity index (χ1v) is 29.9. The van der Waals surface area contributed by atoms with Crippen molar-refractivity contribution < 1.29 is 22.4 Å². The lowest BCUT2D eigenvalue weighted by Crippen LogP contribution is -2.69. The van der Waals surface area contributed by atoms with Crippen LogP contribution >= 0.6 is 22.6 Å². The minimum Gasteiger partial charge on any atom is -0.409 e. The second kappa shape index (κ2) is 15.0. The standard InChI is InChI=1S/C35H73IO5Si4/c1-22-23-26-29(39-43(16,17)33(5,6)7)31(41-45(20,21)35(11,12)13)30(40-44(18,19)34(8,9)10)28(37-26)27(24-25-36)38-42(14,15)32(2,3)4/h22,24-31H,1,23H2,2-21H3/b25-24+/t26-,27?,28-,29?,30?,31?/m0/s1. The highest BCUT2D eigenvalue weighted by atomic mass is 127. The predicted molar refractivity (Wildman–Crippen MR) is 215 cm³/mol. The summed E-state index contributed by atoms with van der Waals surface area (Å²) in [5, 5.41) is 0.0802. The fourth-order valence-corrected chi connectivity index (χ4v) is 9.91. The summed E-state index contributed by atoms with van der Waals surface area (Å²) in [5.41, 5.74) is 0. The molecular formula is C35H73IO5Si4. The summed E-state index contributed by atoms with van der Waals surface area (Å²) in [7, 11) is -9.03. The molecule has 0 aromatic carbocycles. The zero-order chi connectivity index (χ0) is 35.8. The van der Waals surface area contributed by atoms with Crippen molar-refractivity contribution in [1.82, 2.24) is 0 Å². The van der Waals surface area contributed by atoms with E-state index in [1.807, 2.05) is 6.08 Å². The van der Waals surface area contributed by atoms with Crippen LogP contribution in [0.1, 0.15) is 89.5 Å². The second-order valence-electron chi connectivity index (χ2n) is 19.4. The SMILES string of the molecule is C=CC[C@@H]1O[C@@H](C(/C=C/I)O[Si](C)(C)C(C)(C)C)C(O[Si](C)(C)C(C)(C)C)C(O[Si](C)(C)C(C)(C)C)C1O[Si](C)(C)C(C)(C)C. The molecule has 0 aromatic heterocycles. The van der Waals surface area contributed by atoms with Crippen molar-refractivity contribution in [2.45, 2.75) is 199 Å². The zero-order valence-corrected chi connectivity index (χ0v) is 39.2. The largest absolute Gasteiger partial charge is 0.409 e. The van der Waals surface area contributed by atoms with Gasteiger partial charge in [0.1, 0.15) is 18.3 Å². The van der Waals surface area contributed by atoms with Gasteiger partial charge in [-0.15, -0.1) is 6.58 Å². The van der Waals surface area contributed by atoms with Crippen molar-refractivity contribution in [2.75, 3.05) is 0 Å². The topological polar surface area (TPSA) is 46.2 Å². The number of ether oxygens (including phenoxy) is 1. The molecule has 0 amide bonds. The first kappa shape index (κ1) is 43.9. The van der Waals surface area contributed by atoms with Gasteiger partial charge in [-0.3, -0.25) is 0 Å². The predicted octanol–water partition coefficient (Wildman–Crippen LogP) is 11.8. The van der Waals surface area contributed by atoms with Crippen molar-refractivity contribution in [2.24, 2.45) is 0 Å². The maximum atomic E-state index is 7.57. The van der Waals surface area contributed by atoms with Crippen LogP contribution in [-0.4, -0.2) is 69.9 Å². The summed E-state index contributed by atoms with van der Waals surface area (Å²) in [6.07, 6.45) is 2.97. The summed E-state index contributed by atoms with van der Waals surface area (Å²) in [6, 6.07) is 0. The van der Waals surface area contributed by atoms with Gasteiger partial charge in [-0.1, -0.05) is 112 Å². The van der Waals surface area contributed by atoms with Gasteiger partial charge in [-0.05, 0) is 89.1 Å². The first-order chi connectivity index (χ1) is 19.8. The third-order valence-corrected chi connectivity index (χ3v) is 29.9. The van der Waals surface area contributed by atoms with E-state index in [1.54, 1.807) is 0 Å². The van der Waals surface area contributed by atoms with Crippen molar-refractivity contribution >= 4 is 55.9 Å². The Morgan fingerprint density at radius 2 is 0.978 bits per heavy atom. The van der Waals surface area contributed by atoms with Crippen molar-refractivity contribution in [3.05, 3.63) is 22.8 Å². The van der Waals surface area contributed by atoms with Crippen LogP contribution in [0.4, 0.5) is 0 Å². The molecule has 0 saturated carbocycles. The molecule has 1 saturated heterocycles. The number of hydrogen-bond donors (Lipinski definition) is 0. The molecular weight excluding hydrogens is 740 g/mol. The molecule has 1 heterocycles. The maximum absolute atomic E-state index is 7.57. The van der Waals surface area contributed by atoms with Crippen LogP contribution in [0.25, 0.3) is 0 Å². The summed E-state index contributed by atoms with van der Waals surface area (Å²) in [6.45, 7) is 50.5. The van der Waals surface area contributed by atoms with Gasteiger partial charge >= 0.3 is 0 Å². The molecule has 5 nitrogen and oxygen atoms in total. The van der Waals surface area contributed by atoms with Crippen LogP contribution in [0.15, 0.2) is 22.8 Å². The summed E-state index contributed by atoms with van der Waals surface area (Å²) in [5.74, 6) is 0. The molecule has 1 aliphatic heterocycles. The Kier molecular flexibility index (Phi) is 14.6. The highest BCUT2D eigenvalue weighted by molar-refractivity contribution is 14.1. The molecule has 266 valence electrons. The Hall–Kier alpha value is 0.878. The molecule has 1 fully saturated rings.